The van der Waals surface area contributed by atoms with Gasteiger partial charge in [-0.2, -0.15) is 0 Å². The lowest BCUT2D eigenvalue weighted by Crippen LogP contribution is -2.58. The molecule has 0 aliphatic carbocycles. The first-order valence-electron chi connectivity index (χ1n) is 15.8. The van der Waals surface area contributed by atoms with Crippen LogP contribution in [-0.4, -0.2) is 75.1 Å². The highest BCUT2D eigenvalue weighted by molar-refractivity contribution is 5.94. The summed E-state index contributed by atoms with van der Waals surface area (Å²) in [6, 6.07) is 17.1. The molecule has 3 aliphatic rings. The molecule has 1 atom stereocenters. The second kappa shape index (κ2) is 12.0. The average molecular weight is 624 g/mol. The number of ether oxygens (including phenoxy) is 1. The minimum Gasteiger partial charge on any atom is -0.436 e. The number of pyridine rings is 1. The van der Waals surface area contributed by atoms with E-state index < -0.39 is 17.7 Å². The van der Waals surface area contributed by atoms with Crippen molar-refractivity contribution in [1.29, 1.82) is 0 Å². The number of urea groups is 1. The number of carbonyl (C=O) groups excluding carboxylic acids is 3. The molecule has 2 saturated heterocycles. The molecule has 46 heavy (non-hydrogen) atoms. The van der Waals surface area contributed by atoms with Crippen LogP contribution in [0.15, 0.2) is 65.6 Å². The highest BCUT2D eigenvalue weighted by atomic mass is 16.6. The number of rotatable bonds is 5. The number of amides is 4. The molecule has 4 N–H and O–H groups in total. The first-order chi connectivity index (χ1) is 22.3. The van der Waals surface area contributed by atoms with E-state index in [0.717, 1.165) is 40.9 Å². The van der Waals surface area contributed by atoms with Crippen molar-refractivity contribution in [3.05, 3.63) is 93.7 Å². The number of H-pyrrole nitrogens is 2. The number of carbonyl (C=O) groups is 3. The third-order valence-electron chi connectivity index (χ3n) is 9.65. The molecule has 12 heteroatoms. The summed E-state index contributed by atoms with van der Waals surface area (Å²) < 4.78 is 6.05. The van der Waals surface area contributed by atoms with E-state index in [1.165, 1.54) is 0 Å². The van der Waals surface area contributed by atoms with Crippen molar-refractivity contribution in [2.24, 2.45) is 0 Å². The summed E-state index contributed by atoms with van der Waals surface area (Å²) in [6.07, 6.45) is 2.94. The summed E-state index contributed by atoms with van der Waals surface area (Å²) in [7, 11) is 0. The van der Waals surface area contributed by atoms with Crippen LogP contribution in [0.5, 0.6) is 0 Å². The Hall–Kier alpha value is -5.13. The van der Waals surface area contributed by atoms with Gasteiger partial charge in [0.15, 0.2) is 6.10 Å². The first-order valence-corrected chi connectivity index (χ1v) is 15.8. The minimum absolute atomic E-state index is 0.168. The smallest absolute Gasteiger partial charge is 0.410 e. The van der Waals surface area contributed by atoms with Crippen molar-refractivity contribution < 1.29 is 19.1 Å². The fraction of sp³-hybridized carbons (Fsp3) is 0.382. The van der Waals surface area contributed by atoms with Gasteiger partial charge in [-0.1, -0.05) is 30.3 Å². The number of nitrogens with zero attached hydrogens (tertiary/aromatic N) is 3. The van der Waals surface area contributed by atoms with Crippen molar-refractivity contribution in [2.45, 2.75) is 56.6 Å². The maximum atomic E-state index is 14.0. The maximum absolute atomic E-state index is 14.0. The van der Waals surface area contributed by atoms with Crippen molar-refractivity contribution in [3.63, 3.8) is 0 Å². The molecule has 0 bridgehead atoms. The zero-order valence-electron chi connectivity index (χ0n) is 25.7. The first kappa shape index (κ1) is 29.6. The number of para-hydroxylation sites is 1. The monoisotopic (exact) mass is 623 g/mol. The topological polar surface area (TPSA) is 153 Å². The van der Waals surface area contributed by atoms with E-state index in [1.807, 2.05) is 61.5 Å². The van der Waals surface area contributed by atoms with E-state index in [1.54, 1.807) is 16.0 Å². The molecule has 1 spiro atoms. The Morgan fingerprint density at radius 1 is 0.978 bits per heavy atom. The largest absolute Gasteiger partial charge is 0.436 e. The molecule has 3 aliphatic heterocycles. The predicted molar refractivity (Wildman–Crippen MR) is 172 cm³/mol. The minimum atomic E-state index is -1.04. The molecule has 7 rings (SSSR count). The highest BCUT2D eigenvalue weighted by Gasteiger charge is 2.43. The Morgan fingerprint density at radius 2 is 1.74 bits per heavy atom. The summed E-state index contributed by atoms with van der Waals surface area (Å²) in [6.45, 7) is 3.69. The average Bonchev–Trinajstić information content (AvgIpc) is 3.45. The van der Waals surface area contributed by atoms with Gasteiger partial charge < -0.3 is 35.1 Å². The van der Waals surface area contributed by atoms with Crippen LogP contribution in [0.2, 0.25) is 0 Å². The van der Waals surface area contributed by atoms with Crippen LogP contribution in [0.4, 0.5) is 15.3 Å². The number of nitrogens with one attached hydrogen (secondary N) is 4. The quantitative estimate of drug-likeness (QED) is 0.262. The predicted octanol–water partition coefficient (Wildman–Crippen LogP) is 4.14. The summed E-state index contributed by atoms with van der Waals surface area (Å²) in [5, 5.41) is 5.96. The molecule has 2 aromatic heterocycles. The lowest BCUT2D eigenvalue weighted by atomic mass is 9.79. The third kappa shape index (κ3) is 5.70. The lowest BCUT2D eigenvalue weighted by molar-refractivity contribution is -0.142. The van der Waals surface area contributed by atoms with E-state index in [9.17, 15) is 19.2 Å². The number of aromatic nitrogens is 3. The number of fused-ring (bicyclic) bond motifs is 3. The highest BCUT2D eigenvalue weighted by Crippen LogP contribution is 2.39. The van der Waals surface area contributed by atoms with Gasteiger partial charge in [-0.05, 0) is 68.0 Å². The van der Waals surface area contributed by atoms with Gasteiger partial charge in [-0.25, -0.2) is 14.4 Å². The number of benzene rings is 2. The van der Waals surface area contributed by atoms with E-state index in [2.05, 4.69) is 25.6 Å². The number of likely N-dealkylation sites (tertiary alicyclic amines) is 2. The maximum Gasteiger partial charge on any atom is 0.410 e. The normalized spacial score (nSPS) is 18.5. The molecule has 12 nitrogen and oxygen atoms in total. The molecule has 0 radical (unpaired) electrons. The SMILES string of the molecule is Cc1cc(CC(OC(=O)N2CCC3(CC2)NC(=O)Nc2ccccc23)C(=O)N2CCC(c3ccccn3)CC2)cc2[nH]c(=O)[nH]c12. The van der Waals surface area contributed by atoms with Gasteiger partial charge >= 0.3 is 17.8 Å². The number of aryl methyl sites for hydroxylation is 1. The number of hydrogen-bond acceptors (Lipinski definition) is 6. The van der Waals surface area contributed by atoms with E-state index in [-0.39, 0.29) is 30.0 Å². The Bertz CT molecular complexity index is 1840. The van der Waals surface area contributed by atoms with Gasteiger partial charge in [0.2, 0.25) is 0 Å². The molecular weight excluding hydrogens is 586 g/mol. The Balaban J connectivity index is 1.08. The van der Waals surface area contributed by atoms with Crippen molar-refractivity contribution in [3.8, 4) is 0 Å². The Morgan fingerprint density at radius 3 is 2.50 bits per heavy atom. The van der Waals surface area contributed by atoms with Crippen LogP contribution in [0.25, 0.3) is 11.0 Å². The summed E-state index contributed by atoms with van der Waals surface area (Å²) in [5.74, 6) is 0.0316. The Kier molecular flexibility index (Phi) is 7.71. The van der Waals surface area contributed by atoms with Gasteiger partial charge in [0.1, 0.15) is 0 Å². The number of hydrogen-bond donors (Lipinski definition) is 4. The Labute approximate surface area is 265 Å². The van der Waals surface area contributed by atoms with Crippen molar-refractivity contribution in [2.75, 3.05) is 31.5 Å². The van der Waals surface area contributed by atoms with Crippen LogP contribution >= 0.6 is 0 Å². The van der Waals surface area contributed by atoms with E-state index in [0.29, 0.717) is 50.1 Å². The van der Waals surface area contributed by atoms with Crippen LogP contribution in [0.3, 0.4) is 0 Å². The number of imidazole rings is 1. The zero-order valence-corrected chi connectivity index (χ0v) is 25.7. The van der Waals surface area contributed by atoms with Gasteiger partial charge in [-0.15, -0.1) is 0 Å². The second-order valence-corrected chi connectivity index (χ2v) is 12.5. The van der Waals surface area contributed by atoms with Gasteiger partial charge in [0.05, 0.1) is 16.6 Å². The zero-order chi connectivity index (χ0) is 31.8. The molecule has 5 heterocycles. The molecule has 238 valence electrons. The third-order valence-corrected chi connectivity index (χ3v) is 9.65. The lowest BCUT2D eigenvalue weighted by Gasteiger charge is -2.45. The number of aromatic amines is 2. The van der Waals surface area contributed by atoms with Crippen LogP contribution < -0.4 is 16.3 Å². The van der Waals surface area contributed by atoms with Crippen LogP contribution in [-0.2, 0) is 21.5 Å². The van der Waals surface area contributed by atoms with Crippen LogP contribution in [0, 0.1) is 6.92 Å². The van der Waals surface area contributed by atoms with Crippen molar-refractivity contribution in [1.82, 2.24) is 30.1 Å². The molecule has 2 aromatic carbocycles. The molecule has 0 saturated carbocycles. The fourth-order valence-electron chi connectivity index (χ4n) is 7.23. The second-order valence-electron chi connectivity index (χ2n) is 12.5. The molecule has 2 fully saturated rings. The van der Waals surface area contributed by atoms with Crippen LogP contribution in [0.1, 0.15) is 54.0 Å². The summed E-state index contributed by atoms with van der Waals surface area (Å²) in [4.78, 5) is 65.6. The number of anilines is 1. The van der Waals surface area contributed by atoms with E-state index in [4.69, 9.17) is 4.74 Å². The van der Waals surface area contributed by atoms with Gasteiger partial charge in [0, 0.05) is 61.7 Å². The van der Waals surface area contributed by atoms with E-state index >= 15 is 0 Å². The standard InChI is InChI=1S/C34H37N7O5/c1-21-18-22(19-27-29(21)38-31(43)37-27)20-28(30(42)40-14-9-23(10-15-40)25-7-4-5-13-35-25)46-33(45)41-16-11-34(12-17-41)24-6-2-3-8-26(24)36-32(44)39-34/h2-8,13,18-19,23,28H,9-12,14-17,20H2,1H3,(H2,36,39,44)(H2,37,38,43). The number of piperidine rings is 2. The van der Waals surface area contributed by atoms with Crippen molar-refractivity contribution >= 4 is 34.8 Å². The summed E-state index contributed by atoms with van der Waals surface area (Å²) in [5.41, 5.74) is 4.89. The van der Waals surface area contributed by atoms with Gasteiger partial charge in [0.25, 0.3) is 5.91 Å². The fourth-order valence-corrected chi connectivity index (χ4v) is 7.23. The molecular formula is C34H37N7O5. The molecule has 1 unspecified atom stereocenters. The molecule has 4 aromatic rings. The molecule has 4 amide bonds. The summed E-state index contributed by atoms with van der Waals surface area (Å²) >= 11 is 0. The van der Waals surface area contributed by atoms with Gasteiger partial charge in [-0.3, -0.25) is 9.78 Å².